The molecule has 0 atom stereocenters. The highest BCUT2D eigenvalue weighted by Crippen LogP contribution is 2.31. The van der Waals surface area contributed by atoms with E-state index in [0.717, 1.165) is 11.1 Å². The molecule has 0 N–H and O–H groups in total. The predicted molar refractivity (Wildman–Crippen MR) is 118 cm³/mol. The largest absolute Gasteiger partial charge is 0.496 e. The molecule has 4 bridgehead atoms. The smallest absolute Gasteiger partial charge is 0.154 e. The van der Waals surface area contributed by atoms with Gasteiger partial charge in [-0.25, -0.2) is 16.8 Å². The Bertz CT molecular complexity index is 998. The van der Waals surface area contributed by atoms with Gasteiger partial charge in [-0.1, -0.05) is 24.3 Å². The maximum Gasteiger partial charge on any atom is 0.154 e. The summed E-state index contributed by atoms with van der Waals surface area (Å²) in [5, 5.41) is 0. The fourth-order valence-corrected chi connectivity index (χ4v) is 6.62. The van der Waals surface area contributed by atoms with Crippen molar-refractivity contribution in [2.24, 2.45) is 0 Å². The molecule has 2 aromatic rings. The van der Waals surface area contributed by atoms with Gasteiger partial charge in [0.1, 0.15) is 11.5 Å². The van der Waals surface area contributed by atoms with Gasteiger partial charge in [-0.3, -0.25) is 0 Å². The number of hydrogen-bond acceptors (Lipinski definition) is 6. The van der Waals surface area contributed by atoms with Crippen LogP contribution in [0.5, 0.6) is 11.5 Å². The Morgan fingerprint density at radius 1 is 0.667 bits per heavy atom. The highest BCUT2D eigenvalue weighted by Gasteiger charge is 2.18. The minimum atomic E-state index is -3.28. The fraction of sp³-hybridized carbons (Fsp3) is 0.455. The predicted octanol–water partition coefficient (Wildman–Crippen LogP) is 3.11. The SMILES string of the molecule is COc1cc2c(OC)cc1CCCS(=O)(=O)Cc1ccc(cc1)CS(=O)(=O)CCC2. The molecule has 0 aromatic heterocycles. The van der Waals surface area contributed by atoms with E-state index in [1.165, 1.54) is 0 Å². The molecule has 30 heavy (non-hydrogen) atoms. The number of rotatable bonds is 2. The maximum atomic E-state index is 12.5. The summed E-state index contributed by atoms with van der Waals surface area (Å²) in [5.41, 5.74) is 3.10. The molecule has 6 rings (SSSR count). The second kappa shape index (κ2) is 9.39. The molecule has 0 unspecified atom stereocenters. The zero-order valence-corrected chi connectivity index (χ0v) is 19.0. The third kappa shape index (κ3) is 5.98. The summed E-state index contributed by atoms with van der Waals surface area (Å²) in [4.78, 5) is 0. The molecule has 2 aromatic carbocycles. The second-order valence-electron chi connectivity index (χ2n) is 7.68. The van der Waals surface area contributed by atoms with Gasteiger partial charge in [-0.15, -0.1) is 0 Å². The summed E-state index contributed by atoms with van der Waals surface area (Å²) in [7, 11) is -3.41. The van der Waals surface area contributed by atoms with E-state index in [2.05, 4.69) is 0 Å². The monoisotopic (exact) mass is 452 g/mol. The van der Waals surface area contributed by atoms with Crippen LogP contribution < -0.4 is 9.47 Å². The summed E-state index contributed by atoms with van der Waals surface area (Å²) in [5.74, 6) is 1.36. The molecule has 0 radical (unpaired) electrons. The topological polar surface area (TPSA) is 86.7 Å². The lowest BCUT2D eigenvalue weighted by atomic mass is 10.0. The van der Waals surface area contributed by atoms with Gasteiger partial charge in [0.25, 0.3) is 0 Å². The number of benzene rings is 2. The highest BCUT2D eigenvalue weighted by atomic mass is 32.2. The lowest BCUT2D eigenvalue weighted by molar-refractivity contribution is 0.394. The van der Waals surface area contributed by atoms with Gasteiger partial charge in [0, 0.05) is 0 Å². The van der Waals surface area contributed by atoms with Crippen LogP contribution in [0.25, 0.3) is 0 Å². The van der Waals surface area contributed by atoms with E-state index in [-0.39, 0.29) is 23.0 Å². The van der Waals surface area contributed by atoms with E-state index in [4.69, 9.17) is 9.47 Å². The van der Waals surface area contributed by atoms with E-state index in [9.17, 15) is 16.8 Å². The first-order valence-electron chi connectivity index (χ1n) is 9.94. The quantitative estimate of drug-likeness (QED) is 0.696. The minimum Gasteiger partial charge on any atom is -0.496 e. The van der Waals surface area contributed by atoms with Crippen molar-refractivity contribution < 1.29 is 26.3 Å². The van der Waals surface area contributed by atoms with E-state index >= 15 is 0 Å². The Labute approximate surface area is 179 Å². The molecular formula is C22H28O6S2. The lowest BCUT2D eigenvalue weighted by Gasteiger charge is -2.15. The summed E-state index contributed by atoms with van der Waals surface area (Å²) >= 11 is 0. The number of ether oxygens (including phenoxy) is 2. The van der Waals surface area contributed by atoms with Gasteiger partial charge in [-0.2, -0.15) is 0 Å². The first-order chi connectivity index (χ1) is 14.2. The third-order valence-electron chi connectivity index (χ3n) is 5.28. The summed E-state index contributed by atoms with van der Waals surface area (Å²) in [6.45, 7) is 0. The van der Waals surface area contributed by atoms with E-state index < -0.39 is 19.7 Å². The van der Waals surface area contributed by atoms with E-state index in [1.54, 1.807) is 38.5 Å². The number of hydrogen-bond donors (Lipinski definition) is 0. The van der Waals surface area contributed by atoms with Gasteiger partial charge in [-0.05, 0) is 60.1 Å². The van der Waals surface area contributed by atoms with Crippen molar-refractivity contribution in [1.29, 1.82) is 0 Å². The standard InChI is InChI=1S/C22H28O6S2/c1-27-21-13-20-6-4-12-30(25,26)16-18-9-7-17(8-10-18)15-29(23,24)11-3-5-19(21)14-22(20)28-2/h7-10,13-14H,3-6,11-12,15-16H2,1-2H3. The molecule has 0 aliphatic carbocycles. The van der Waals surface area contributed by atoms with Gasteiger partial charge in [0.2, 0.25) is 0 Å². The molecule has 8 heteroatoms. The summed E-state index contributed by atoms with van der Waals surface area (Å²) in [6.07, 6.45) is 2.06. The lowest BCUT2D eigenvalue weighted by Crippen LogP contribution is -2.12. The van der Waals surface area contributed by atoms with Crippen LogP contribution in [0.15, 0.2) is 36.4 Å². The second-order valence-corrected chi connectivity index (χ2v) is 12.1. The molecule has 0 spiro atoms. The van der Waals surface area contributed by atoms with Crippen LogP contribution in [-0.4, -0.2) is 42.6 Å². The molecule has 4 aliphatic rings. The Balaban J connectivity index is 1.94. The van der Waals surface area contributed by atoms with Crippen LogP contribution in [-0.2, 0) is 44.0 Å². The normalized spacial score (nSPS) is 19.0. The molecule has 0 saturated carbocycles. The van der Waals surface area contributed by atoms with Crippen molar-refractivity contribution in [3.05, 3.63) is 58.7 Å². The van der Waals surface area contributed by atoms with Gasteiger partial charge < -0.3 is 9.47 Å². The van der Waals surface area contributed by atoms with E-state index in [0.29, 0.717) is 48.3 Å². The molecule has 0 fully saturated rings. The molecule has 6 nitrogen and oxygen atoms in total. The van der Waals surface area contributed by atoms with E-state index in [1.807, 2.05) is 12.1 Å². The van der Waals surface area contributed by atoms with Crippen molar-refractivity contribution in [3.8, 4) is 11.5 Å². The summed E-state index contributed by atoms with van der Waals surface area (Å²) in [6, 6.07) is 10.6. The van der Waals surface area contributed by atoms with Crippen molar-refractivity contribution in [2.45, 2.75) is 37.2 Å². The van der Waals surface area contributed by atoms with Gasteiger partial charge in [0.15, 0.2) is 19.7 Å². The Morgan fingerprint density at radius 3 is 1.37 bits per heavy atom. The fourth-order valence-electron chi connectivity index (χ4n) is 3.76. The van der Waals surface area contributed by atoms with Crippen LogP contribution in [0.1, 0.15) is 35.1 Å². The van der Waals surface area contributed by atoms with Crippen molar-refractivity contribution in [2.75, 3.05) is 25.7 Å². The Kier molecular flexibility index (Phi) is 7.08. The van der Waals surface area contributed by atoms with Crippen LogP contribution in [0.3, 0.4) is 0 Å². The molecule has 4 heterocycles. The first-order valence-corrected chi connectivity index (χ1v) is 13.6. The number of aryl methyl sites for hydroxylation is 2. The van der Waals surface area contributed by atoms with Crippen LogP contribution >= 0.6 is 0 Å². The Hall–Kier alpha value is -2.06. The molecule has 0 amide bonds. The molecular weight excluding hydrogens is 424 g/mol. The minimum absolute atomic E-state index is 0.0561. The van der Waals surface area contributed by atoms with Crippen LogP contribution in [0.4, 0.5) is 0 Å². The van der Waals surface area contributed by atoms with Crippen molar-refractivity contribution in [1.82, 2.24) is 0 Å². The van der Waals surface area contributed by atoms with Gasteiger partial charge in [0.05, 0.1) is 37.2 Å². The maximum absolute atomic E-state index is 12.5. The molecule has 0 saturated heterocycles. The number of methoxy groups -OCH3 is 2. The Morgan fingerprint density at radius 2 is 1.03 bits per heavy atom. The third-order valence-corrected chi connectivity index (χ3v) is 8.65. The zero-order valence-electron chi connectivity index (χ0n) is 17.4. The average Bonchev–Trinajstić information content (AvgIpc) is 2.68. The van der Waals surface area contributed by atoms with Gasteiger partial charge >= 0.3 is 0 Å². The number of sulfone groups is 2. The highest BCUT2D eigenvalue weighted by molar-refractivity contribution is 7.90. The summed E-state index contributed by atoms with van der Waals surface area (Å²) < 4.78 is 61.2. The van der Waals surface area contributed by atoms with Crippen molar-refractivity contribution in [3.63, 3.8) is 0 Å². The first kappa shape index (κ1) is 22.6. The zero-order chi connectivity index (χ0) is 21.8. The van der Waals surface area contributed by atoms with Crippen molar-refractivity contribution >= 4 is 19.7 Å². The molecule has 4 aliphatic heterocycles. The molecule has 164 valence electrons. The average molecular weight is 453 g/mol. The van der Waals surface area contributed by atoms with Crippen LogP contribution in [0.2, 0.25) is 0 Å². The van der Waals surface area contributed by atoms with Crippen LogP contribution in [0, 0.1) is 0 Å².